The van der Waals surface area contributed by atoms with Crippen LogP contribution >= 0.6 is 47.8 Å². The molecule has 0 radical (unpaired) electrons. The van der Waals surface area contributed by atoms with Crippen molar-refractivity contribution in [2.45, 2.75) is 96.9 Å². The standard InChI is InChI=1S/C39H54Br3NO3/c40-25-7-1-4-10-28-44-31-34-13-19-37(20-14-34)43(38-21-15-35(16-22-38)32-45-29-11-5-2-8-26-41)39-23-17-36(18-24-39)33-46-30-12-6-3-9-27-42/h13-24H,1-12,25-33H2. The Morgan fingerprint density at radius 2 is 0.609 bits per heavy atom. The van der Waals surface area contributed by atoms with Crippen molar-refractivity contribution in [1.82, 2.24) is 0 Å². The van der Waals surface area contributed by atoms with Crippen LogP contribution in [0.3, 0.4) is 0 Å². The average molecular weight is 825 g/mol. The van der Waals surface area contributed by atoms with Crippen molar-refractivity contribution in [3.63, 3.8) is 0 Å². The maximum atomic E-state index is 5.97. The molecule has 0 spiro atoms. The molecule has 0 fully saturated rings. The van der Waals surface area contributed by atoms with Crippen LogP contribution in [-0.4, -0.2) is 35.8 Å². The van der Waals surface area contributed by atoms with Gasteiger partial charge >= 0.3 is 0 Å². The van der Waals surface area contributed by atoms with Crippen LogP contribution in [0.15, 0.2) is 72.8 Å². The summed E-state index contributed by atoms with van der Waals surface area (Å²) in [6.45, 7) is 4.39. The molecule has 4 nitrogen and oxygen atoms in total. The zero-order valence-electron chi connectivity index (χ0n) is 27.6. The largest absolute Gasteiger partial charge is 0.377 e. The molecule has 0 aliphatic heterocycles. The van der Waals surface area contributed by atoms with Crippen LogP contribution in [0.4, 0.5) is 17.1 Å². The SMILES string of the molecule is BrCCCCCCOCc1ccc(N(c2ccc(COCCCCCCBr)cc2)c2ccc(COCCCCCCBr)cc2)cc1. The molecule has 3 rings (SSSR count). The third kappa shape index (κ3) is 16.3. The molecule has 0 amide bonds. The van der Waals surface area contributed by atoms with Crippen LogP contribution in [0.1, 0.15) is 93.7 Å². The van der Waals surface area contributed by atoms with Crippen molar-refractivity contribution in [3.8, 4) is 0 Å². The summed E-state index contributed by atoms with van der Waals surface area (Å²) in [5.74, 6) is 0. The molecule has 0 aromatic heterocycles. The van der Waals surface area contributed by atoms with Crippen molar-refractivity contribution < 1.29 is 14.2 Å². The molecule has 0 atom stereocenters. The van der Waals surface area contributed by atoms with Gasteiger partial charge < -0.3 is 19.1 Å². The number of rotatable bonds is 27. The lowest BCUT2D eigenvalue weighted by atomic mass is 10.1. The van der Waals surface area contributed by atoms with Crippen LogP contribution < -0.4 is 4.90 Å². The van der Waals surface area contributed by atoms with Gasteiger partial charge in [0.2, 0.25) is 0 Å². The van der Waals surface area contributed by atoms with Gasteiger partial charge in [-0.3, -0.25) is 0 Å². The fourth-order valence-electron chi connectivity index (χ4n) is 5.20. The normalized spacial score (nSPS) is 11.3. The summed E-state index contributed by atoms with van der Waals surface area (Å²) < 4.78 is 17.9. The number of unbranched alkanes of at least 4 members (excludes halogenated alkanes) is 9. The van der Waals surface area contributed by atoms with E-state index in [0.717, 1.165) is 72.1 Å². The zero-order valence-corrected chi connectivity index (χ0v) is 32.3. The summed E-state index contributed by atoms with van der Waals surface area (Å²) >= 11 is 10.5. The van der Waals surface area contributed by atoms with E-state index in [-0.39, 0.29) is 0 Å². The highest BCUT2D eigenvalue weighted by molar-refractivity contribution is 9.09. The van der Waals surface area contributed by atoms with Crippen LogP contribution in [0.25, 0.3) is 0 Å². The van der Waals surface area contributed by atoms with Gasteiger partial charge in [-0.25, -0.2) is 0 Å². The van der Waals surface area contributed by atoms with Gasteiger partial charge in [-0.15, -0.1) is 0 Å². The van der Waals surface area contributed by atoms with Gasteiger partial charge in [0.25, 0.3) is 0 Å². The minimum absolute atomic E-state index is 0.648. The van der Waals surface area contributed by atoms with E-state index in [1.165, 1.54) is 74.5 Å². The van der Waals surface area contributed by atoms with Crippen molar-refractivity contribution >= 4 is 64.9 Å². The number of ether oxygens (including phenoxy) is 3. The van der Waals surface area contributed by atoms with E-state index in [0.29, 0.717) is 19.8 Å². The number of benzene rings is 3. The topological polar surface area (TPSA) is 30.9 Å². The molecule has 0 unspecified atom stereocenters. The quantitative estimate of drug-likeness (QED) is 0.0566. The number of halogens is 3. The first kappa shape index (κ1) is 39.2. The fourth-order valence-corrected chi connectivity index (χ4v) is 6.39. The monoisotopic (exact) mass is 821 g/mol. The highest BCUT2D eigenvalue weighted by atomic mass is 79.9. The minimum atomic E-state index is 0.648. The molecule has 0 N–H and O–H groups in total. The lowest BCUT2D eigenvalue weighted by Crippen LogP contribution is -2.10. The smallest absolute Gasteiger partial charge is 0.0716 e. The highest BCUT2D eigenvalue weighted by Crippen LogP contribution is 2.35. The first-order valence-electron chi connectivity index (χ1n) is 17.2. The maximum Gasteiger partial charge on any atom is 0.0716 e. The van der Waals surface area contributed by atoms with Crippen LogP contribution in [0, 0.1) is 0 Å². The minimum Gasteiger partial charge on any atom is -0.377 e. The van der Waals surface area contributed by atoms with E-state index in [4.69, 9.17) is 14.2 Å². The summed E-state index contributed by atoms with van der Waals surface area (Å²) in [5, 5.41) is 3.26. The molecule has 0 bridgehead atoms. The van der Waals surface area contributed by atoms with Crippen molar-refractivity contribution in [1.29, 1.82) is 0 Å². The molecule has 0 aliphatic rings. The Bertz CT molecular complexity index is 996. The van der Waals surface area contributed by atoms with E-state index in [2.05, 4.69) is 125 Å². The van der Waals surface area contributed by atoms with Crippen molar-refractivity contribution in [2.75, 3.05) is 40.7 Å². The second kappa shape index (κ2) is 25.8. The summed E-state index contributed by atoms with van der Waals surface area (Å²) in [6.07, 6.45) is 14.5. The Balaban J connectivity index is 1.62. The molecule has 0 saturated heterocycles. The van der Waals surface area contributed by atoms with E-state index >= 15 is 0 Å². The number of nitrogens with zero attached hydrogens (tertiary/aromatic N) is 1. The summed E-state index contributed by atoms with van der Waals surface area (Å²) in [4.78, 5) is 2.32. The Morgan fingerprint density at radius 1 is 0.348 bits per heavy atom. The second-order valence-corrected chi connectivity index (χ2v) is 14.2. The molecule has 7 heteroatoms. The Hall–Kier alpha value is -1.22. The van der Waals surface area contributed by atoms with Gasteiger partial charge in [0.15, 0.2) is 0 Å². The Kier molecular flexibility index (Phi) is 22.0. The fraction of sp³-hybridized carbons (Fsp3) is 0.538. The third-order valence-electron chi connectivity index (χ3n) is 7.91. The molecule has 0 aliphatic carbocycles. The van der Waals surface area contributed by atoms with Gasteiger partial charge in [-0.2, -0.15) is 0 Å². The molecule has 0 saturated carbocycles. The Labute approximate surface area is 304 Å². The van der Waals surface area contributed by atoms with Crippen molar-refractivity contribution in [2.24, 2.45) is 0 Å². The van der Waals surface area contributed by atoms with Gasteiger partial charge in [0, 0.05) is 52.9 Å². The van der Waals surface area contributed by atoms with Crippen molar-refractivity contribution in [3.05, 3.63) is 89.5 Å². The molecule has 46 heavy (non-hydrogen) atoms. The molecule has 3 aromatic carbocycles. The predicted octanol–water partition coefficient (Wildman–Crippen LogP) is 12.6. The van der Waals surface area contributed by atoms with Crippen LogP contribution in [-0.2, 0) is 34.0 Å². The molecule has 3 aromatic rings. The van der Waals surface area contributed by atoms with E-state index in [9.17, 15) is 0 Å². The summed E-state index contributed by atoms with van der Waals surface area (Å²) in [5.41, 5.74) is 6.96. The Morgan fingerprint density at radius 3 is 0.870 bits per heavy atom. The lowest BCUT2D eigenvalue weighted by molar-refractivity contribution is 0.117. The summed E-state index contributed by atoms with van der Waals surface area (Å²) in [7, 11) is 0. The third-order valence-corrected chi connectivity index (χ3v) is 9.59. The van der Waals surface area contributed by atoms with E-state index in [1.807, 2.05) is 0 Å². The first-order valence-corrected chi connectivity index (χ1v) is 20.6. The van der Waals surface area contributed by atoms with Gasteiger partial charge in [0.1, 0.15) is 0 Å². The van der Waals surface area contributed by atoms with Gasteiger partial charge in [-0.05, 0) is 91.6 Å². The number of alkyl halides is 3. The first-order chi connectivity index (χ1) is 22.7. The van der Waals surface area contributed by atoms with Crippen LogP contribution in [0.5, 0.6) is 0 Å². The molecule has 0 heterocycles. The average Bonchev–Trinajstić information content (AvgIpc) is 3.09. The molecule has 254 valence electrons. The second-order valence-electron chi connectivity index (χ2n) is 11.8. The van der Waals surface area contributed by atoms with Gasteiger partial charge in [-0.1, -0.05) is 123 Å². The maximum absolute atomic E-state index is 5.97. The lowest BCUT2D eigenvalue weighted by Gasteiger charge is -2.26. The number of hydrogen-bond acceptors (Lipinski definition) is 4. The number of anilines is 3. The molecular formula is C39H54Br3NO3. The molecular weight excluding hydrogens is 770 g/mol. The predicted molar refractivity (Wildman–Crippen MR) is 207 cm³/mol. The van der Waals surface area contributed by atoms with Gasteiger partial charge in [0.05, 0.1) is 19.8 Å². The highest BCUT2D eigenvalue weighted by Gasteiger charge is 2.13. The zero-order chi connectivity index (χ0) is 32.5. The summed E-state index contributed by atoms with van der Waals surface area (Å²) in [6, 6.07) is 26.3. The number of hydrogen-bond donors (Lipinski definition) is 0. The van der Waals surface area contributed by atoms with Crippen LogP contribution in [0.2, 0.25) is 0 Å². The van der Waals surface area contributed by atoms with E-state index < -0.39 is 0 Å². The van der Waals surface area contributed by atoms with E-state index in [1.54, 1.807) is 0 Å².